The van der Waals surface area contributed by atoms with Gasteiger partial charge >= 0.3 is 0 Å². The summed E-state index contributed by atoms with van der Waals surface area (Å²) in [4.78, 5) is 0. The van der Waals surface area contributed by atoms with Crippen LogP contribution < -0.4 is 10.9 Å². The lowest BCUT2D eigenvalue weighted by atomic mass is 10.0. The van der Waals surface area contributed by atoms with Crippen molar-refractivity contribution in [1.29, 1.82) is 0 Å². The van der Waals surface area contributed by atoms with Gasteiger partial charge < -0.3 is 4.74 Å². The van der Waals surface area contributed by atoms with Crippen molar-refractivity contribution in [2.75, 3.05) is 13.2 Å². The van der Waals surface area contributed by atoms with E-state index in [4.69, 9.17) is 4.74 Å². The lowest BCUT2D eigenvalue weighted by Gasteiger charge is -2.42. The zero-order chi connectivity index (χ0) is 5.40. The van der Waals surface area contributed by atoms with E-state index in [1.807, 2.05) is 0 Å². The Balaban J connectivity index is 1.92. The SMILES string of the molecule is C1CC2NNC2CO1. The molecule has 0 spiro atoms. The van der Waals surface area contributed by atoms with Gasteiger partial charge in [-0.15, -0.1) is 0 Å². The molecule has 0 aromatic rings. The standard InChI is InChI=1S/C5H10N2O/c1-2-8-3-5-4(1)6-7-5/h4-7H,1-3H2. The number of fused-ring (bicyclic) bond motifs is 1. The van der Waals surface area contributed by atoms with E-state index in [0.29, 0.717) is 12.1 Å². The highest BCUT2D eigenvalue weighted by Crippen LogP contribution is 2.11. The molecular weight excluding hydrogens is 104 g/mol. The van der Waals surface area contributed by atoms with Crippen LogP contribution in [0.4, 0.5) is 0 Å². The molecule has 2 saturated heterocycles. The van der Waals surface area contributed by atoms with Crippen LogP contribution >= 0.6 is 0 Å². The first-order valence-electron chi connectivity index (χ1n) is 3.05. The fraction of sp³-hybridized carbons (Fsp3) is 1.00. The van der Waals surface area contributed by atoms with Crippen molar-refractivity contribution in [3.8, 4) is 0 Å². The summed E-state index contributed by atoms with van der Waals surface area (Å²) in [5, 5.41) is 0. The van der Waals surface area contributed by atoms with Crippen LogP contribution in [0.3, 0.4) is 0 Å². The maximum atomic E-state index is 5.20. The Hall–Kier alpha value is -0.120. The summed E-state index contributed by atoms with van der Waals surface area (Å²) in [5.41, 5.74) is 6.19. The van der Waals surface area contributed by atoms with Crippen LogP contribution in [0, 0.1) is 0 Å². The Labute approximate surface area is 48.4 Å². The van der Waals surface area contributed by atoms with Crippen LogP contribution in [-0.2, 0) is 4.74 Å². The summed E-state index contributed by atoms with van der Waals surface area (Å²) < 4.78 is 5.20. The number of rotatable bonds is 0. The van der Waals surface area contributed by atoms with Crippen LogP contribution in [0.5, 0.6) is 0 Å². The summed E-state index contributed by atoms with van der Waals surface area (Å²) in [6.45, 7) is 1.81. The van der Waals surface area contributed by atoms with Crippen molar-refractivity contribution in [3.05, 3.63) is 0 Å². The fourth-order valence-electron chi connectivity index (χ4n) is 1.17. The van der Waals surface area contributed by atoms with Crippen molar-refractivity contribution in [2.45, 2.75) is 18.5 Å². The van der Waals surface area contributed by atoms with Gasteiger partial charge in [0.2, 0.25) is 0 Å². The van der Waals surface area contributed by atoms with E-state index in [2.05, 4.69) is 10.9 Å². The molecule has 0 aromatic carbocycles. The summed E-state index contributed by atoms with van der Waals surface area (Å²) in [5.74, 6) is 0. The lowest BCUT2D eigenvalue weighted by Crippen LogP contribution is -2.70. The maximum Gasteiger partial charge on any atom is 0.0648 e. The first kappa shape index (κ1) is 4.73. The summed E-state index contributed by atoms with van der Waals surface area (Å²) >= 11 is 0. The Morgan fingerprint density at radius 1 is 1.25 bits per heavy atom. The summed E-state index contributed by atoms with van der Waals surface area (Å²) in [7, 11) is 0. The molecule has 8 heavy (non-hydrogen) atoms. The molecule has 2 unspecified atom stereocenters. The number of hydrogen-bond acceptors (Lipinski definition) is 3. The Kier molecular flexibility index (Phi) is 0.997. The maximum absolute atomic E-state index is 5.20. The Morgan fingerprint density at radius 2 is 2.12 bits per heavy atom. The minimum absolute atomic E-state index is 0.601. The largest absolute Gasteiger partial charge is 0.380 e. The zero-order valence-corrected chi connectivity index (χ0v) is 4.68. The van der Waals surface area contributed by atoms with Gasteiger partial charge in [0.25, 0.3) is 0 Å². The molecule has 0 bridgehead atoms. The van der Waals surface area contributed by atoms with Crippen LogP contribution in [0.1, 0.15) is 6.42 Å². The molecular formula is C5H10N2O. The molecule has 2 atom stereocenters. The molecule has 0 radical (unpaired) electrons. The first-order valence-corrected chi connectivity index (χ1v) is 3.05. The highest BCUT2D eigenvalue weighted by Gasteiger charge is 2.32. The predicted molar refractivity (Wildman–Crippen MR) is 29.3 cm³/mol. The predicted octanol–water partition coefficient (Wildman–Crippen LogP) is -0.748. The van der Waals surface area contributed by atoms with Gasteiger partial charge in [0.05, 0.1) is 12.6 Å². The van der Waals surface area contributed by atoms with Crippen molar-refractivity contribution in [1.82, 2.24) is 10.9 Å². The van der Waals surface area contributed by atoms with Gasteiger partial charge in [-0.3, -0.25) is 10.9 Å². The van der Waals surface area contributed by atoms with Gasteiger partial charge in [0.15, 0.2) is 0 Å². The van der Waals surface area contributed by atoms with E-state index < -0.39 is 0 Å². The highest BCUT2D eigenvalue weighted by molar-refractivity contribution is 4.90. The van der Waals surface area contributed by atoms with Crippen LogP contribution in [0.25, 0.3) is 0 Å². The van der Waals surface area contributed by atoms with Crippen molar-refractivity contribution in [3.63, 3.8) is 0 Å². The first-order chi connectivity index (χ1) is 3.97. The van der Waals surface area contributed by atoms with Gasteiger partial charge in [-0.2, -0.15) is 0 Å². The molecule has 2 aliphatic heterocycles. The van der Waals surface area contributed by atoms with Crippen molar-refractivity contribution in [2.24, 2.45) is 0 Å². The van der Waals surface area contributed by atoms with Crippen LogP contribution in [0.2, 0.25) is 0 Å². The van der Waals surface area contributed by atoms with E-state index in [1.165, 1.54) is 0 Å². The second-order valence-corrected chi connectivity index (χ2v) is 2.37. The average molecular weight is 114 g/mol. The molecule has 2 heterocycles. The molecule has 2 fully saturated rings. The van der Waals surface area contributed by atoms with E-state index in [1.54, 1.807) is 0 Å². The average Bonchev–Trinajstić information content (AvgIpc) is 1.72. The van der Waals surface area contributed by atoms with E-state index in [-0.39, 0.29) is 0 Å². The minimum atomic E-state index is 0.601. The number of hydrogen-bond donors (Lipinski definition) is 2. The summed E-state index contributed by atoms with van der Waals surface area (Å²) in [6, 6.07) is 1.30. The second-order valence-electron chi connectivity index (χ2n) is 2.37. The molecule has 3 nitrogen and oxygen atoms in total. The molecule has 2 rings (SSSR count). The number of ether oxygens (including phenoxy) is 1. The third-order valence-electron chi connectivity index (χ3n) is 1.81. The molecule has 46 valence electrons. The molecule has 2 aliphatic rings. The van der Waals surface area contributed by atoms with Crippen LogP contribution in [-0.4, -0.2) is 25.3 Å². The second kappa shape index (κ2) is 1.69. The third kappa shape index (κ3) is 0.555. The number of hydrazine groups is 1. The topological polar surface area (TPSA) is 33.3 Å². The normalized spacial score (nSPS) is 45.0. The smallest absolute Gasteiger partial charge is 0.0648 e. The Bertz CT molecular complexity index is 84.4. The highest BCUT2D eigenvalue weighted by atomic mass is 16.5. The van der Waals surface area contributed by atoms with Crippen molar-refractivity contribution >= 4 is 0 Å². The summed E-state index contributed by atoms with van der Waals surface area (Å²) in [6.07, 6.45) is 1.16. The van der Waals surface area contributed by atoms with E-state index in [0.717, 1.165) is 19.6 Å². The van der Waals surface area contributed by atoms with Gasteiger partial charge in [0, 0.05) is 12.6 Å². The molecule has 0 aliphatic carbocycles. The van der Waals surface area contributed by atoms with Gasteiger partial charge in [-0.25, -0.2) is 0 Å². The zero-order valence-electron chi connectivity index (χ0n) is 4.68. The van der Waals surface area contributed by atoms with E-state index in [9.17, 15) is 0 Å². The quantitative estimate of drug-likeness (QED) is 0.435. The van der Waals surface area contributed by atoms with Crippen LogP contribution in [0.15, 0.2) is 0 Å². The monoisotopic (exact) mass is 114 g/mol. The van der Waals surface area contributed by atoms with E-state index >= 15 is 0 Å². The minimum Gasteiger partial charge on any atom is -0.380 e. The fourth-order valence-corrected chi connectivity index (χ4v) is 1.17. The number of nitrogens with one attached hydrogen (secondary N) is 2. The Morgan fingerprint density at radius 3 is 2.50 bits per heavy atom. The molecule has 0 amide bonds. The molecule has 2 N–H and O–H groups in total. The lowest BCUT2D eigenvalue weighted by molar-refractivity contribution is -0.00332. The molecule has 3 heteroatoms. The van der Waals surface area contributed by atoms with Gasteiger partial charge in [-0.05, 0) is 6.42 Å². The van der Waals surface area contributed by atoms with Gasteiger partial charge in [-0.1, -0.05) is 0 Å². The van der Waals surface area contributed by atoms with Crippen molar-refractivity contribution < 1.29 is 4.74 Å². The molecule has 0 aromatic heterocycles. The van der Waals surface area contributed by atoms with Gasteiger partial charge in [0.1, 0.15) is 0 Å². The third-order valence-corrected chi connectivity index (χ3v) is 1.81. The molecule has 0 saturated carbocycles.